The molecule has 1 aliphatic carbocycles. The zero-order valence-electron chi connectivity index (χ0n) is 16.3. The number of hydrogen-bond donors (Lipinski definition) is 1. The van der Waals surface area contributed by atoms with Crippen molar-refractivity contribution in [2.45, 2.75) is 50.7 Å². The number of ketones is 1. The first-order valence-corrected chi connectivity index (χ1v) is 10.0. The Morgan fingerprint density at radius 3 is 2.45 bits per heavy atom. The Morgan fingerprint density at radius 2 is 1.76 bits per heavy atom. The maximum atomic E-state index is 12.2. The molecule has 0 saturated heterocycles. The molecule has 0 atom stereocenters. The summed E-state index contributed by atoms with van der Waals surface area (Å²) in [6, 6.07) is 6.80. The van der Waals surface area contributed by atoms with Gasteiger partial charge in [0.15, 0.2) is 5.78 Å². The first-order chi connectivity index (χ1) is 14.0. The number of aromatic nitrogens is 2. The molecule has 1 aromatic carbocycles. The van der Waals surface area contributed by atoms with Crippen LogP contribution in [0.5, 0.6) is 11.8 Å². The largest absolute Gasteiger partial charge is 0.480 e. The predicted octanol–water partition coefficient (Wildman–Crippen LogP) is 3.61. The molecule has 0 bridgehead atoms. The van der Waals surface area contributed by atoms with E-state index in [0.29, 0.717) is 22.3 Å². The molecule has 1 aromatic heterocycles. The quantitative estimate of drug-likeness (QED) is 0.660. The van der Waals surface area contributed by atoms with Crippen molar-refractivity contribution in [1.29, 1.82) is 0 Å². The molecule has 29 heavy (non-hydrogen) atoms. The molecule has 0 aliphatic heterocycles. The lowest BCUT2D eigenvalue weighted by atomic mass is 9.92. The van der Waals surface area contributed by atoms with Gasteiger partial charge in [0, 0.05) is 29.5 Å². The Balaban J connectivity index is 1.38. The summed E-state index contributed by atoms with van der Waals surface area (Å²) in [5, 5.41) is 3.60. The van der Waals surface area contributed by atoms with Gasteiger partial charge >= 0.3 is 0 Å². The van der Waals surface area contributed by atoms with Gasteiger partial charge in [-0.3, -0.25) is 14.6 Å². The average Bonchev–Trinajstić information content (AvgIpc) is 2.74. The van der Waals surface area contributed by atoms with Crippen molar-refractivity contribution < 1.29 is 19.1 Å². The van der Waals surface area contributed by atoms with Crippen LogP contribution in [0, 0.1) is 0 Å². The number of carbonyl (C=O) groups is 2. The third kappa shape index (κ3) is 6.42. The van der Waals surface area contributed by atoms with Crippen molar-refractivity contribution in [3.8, 4) is 11.8 Å². The molecule has 3 rings (SSSR count). The number of rotatable bonds is 8. The van der Waals surface area contributed by atoms with E-state index < -0.39 is 0 Å². The van der Waals surface area contributed by atoms with Crippen molar-refractivity contribution in [1.82, 2.24) is 15.3 Å². The number of hydrogen-bond acceptors (Lipinski definition) is 6. The highest BCUT2D eigenvalue weighted by atomic mass is 35.5. The van der Waals surface area contributed by atoms with Crippen LogP contribution in [-0.4, -0.2) is 40.9 Å². The molecule has 1 heterocycles. The van der Waals surface area contributed by atoms with E-state index in [1.165, 1.54) is 13.3 Å². The average molecular weight is 418 g/mol. The number of carbonyl (C=O) groups excluding carboxylic acids is 2. The zero-order chi connectivity index (χ0) is 20.6. The summed E-state index contributed by atoms with van der Waals surface area (Å²) in [4.78, 5) is 32.6. The number of ether oxygens (including phenoxy) is 2. The highest BCUT2D eigenvalue weighted by Crippen LogP contribution is 2.23. The van der Waals surface area contributed by atoms with Gasteiger partial charge in [-0.1, -0.05) is 11.6 Å². The lowest BCUT2D eigenvalue weighted by Crippen LogP contribution is -2.39. The lowest BCUT2D eigenvalue weighted by molar-refractivity contribution is -0.122. The van der Waals surface area contributed by atoms with E-state index in [0.717, 1.165) is 25.7 Å². The minimum Gasteiger partial charge on any atom is -0.480 e. The lowest BCUT2D eigenvalue weighted by Gasteiger charge is -2.29. The maximum absolute atomic E-state index is 12.2. The van der Waals surface area contributed by atoms with E-state index in [2.05, 4.69) is 15.3 Å². The summed E-state index contributed by atoms with van der Waals surface area (Å²) in [5.41, 5.74) is 0.570. The molecule has 1 aliphatic rings. The summed E-state index contributed by atoms with van der Waals surface area (Å²) < 4.78 is 10.9. The van der Waals surface area contributed by atoms with E-state index in [-0.39, 0.29) is 36.7 Å². The number of Topliss-reactive ketones (excluding diaryl/α,β-unsaturated/α-hetero) is 1. The van der Waals surface area contributed by atoms with E-state index in [1.54, 1.807) is 30.5 Å². The third-order valence-corrected chi connectivity index (χ3v) is 5.12. The van der Waals surface area contributed by atoms with Crippen LogP contribution in [0.4, 0.5) is 0 Å². The molecule has 8 heteroatoms. The second-order valence-electron chi connectivity index (χ2n) is 6.99. The second-order valence-corrected chi connectivity index (χ2v) is 7.43. The van der Waals surface area contributed by atoms with Crippen molar-refractivity contribution >= 4 is 23.3 Å². The van der Waals surface area contributed by atoms with Crippen LogP contribution < -0.4 is 14.8 Å². The molecule has 0 unspecified atom stereocenters. The normalized spacial score (nSPS) is 18.7. The Bertz CT molecular complexity index is 836. The van der Waals surface area contributed by atoms with Gasteiger partial charge in [-0.05, 0) is 49.9 Å². The van der Waals surface area contributed by atoms with E-state index in [1.807, 2.05) is 0 Å². The number of benzene rings is 1. The first kappa shape index (κ1) is 21.0. The topological polar surface area (TPSA) is 90.4 Å². The molecule has 154 valence electrons. The zero-order valence-corrected chi connectivity index (χ0v) is 17.0. The Labute approximate surface area is 174 Å². The van der Waals surface area contributed by atoms with Crippen LogP contribution >= 0.6 is 11.6 Å². The van der Waals surface area contributed by atoms with Crippen LogP contribution in [0.3, 0.4) is 0 Å². The highest BCUT2D eigenvalue weighted by Gasteiger charge is 2.24. The molecular weight excluding hydrogens is 394 g/mol. The molecular formula is C21H24ClN3O4. The molecule has 0 radical (unpaired) electrons. The minimum atomic E-state index is -0.102. The third-order valence-electron chi connectivity index (χ3n) is 4.87. The first-order valence-electron chi connectivity index (χ1n) is 9.64. The van der Waals surface area contributed by atoms with Crippen LogP contribution in [0.25, 0.3) is 0 Å². The number of nitrogens with one attached hydrogen (secondary N) is 1. The van der Waals surface area contributed by atoms with Gasteiger partial charge in [0.1, 0.15) is 6.10 Å². The molecule has 2 aromatic rings. The molecule has 1 saturated carbocycles. The van der Waals surface area contributed by atoms with Crippen molar-refractivity contribution in [3.05, 3.63) is 47.2 Å². The smallest absolute Gasteiger partial charge is 0.235 e. The fourth-order valence-corrected chi connectivity index (χ4v) is 3.42. The van der Waals surface area contributed by atoms with Crippen molar-refractivity contribution in [2.75, 3.05) is 7.11 Å². The summed E-state index contributed by atoms with van der Waals surface area (Å²) in [7, 11) is 1.53. The Kier molecular flexibility index (Phi) is 7.41. The summed E-state index contributed by atoms with van der Waals surface area (Å²) in [6.07, 6.45) is 6.75. The number of methoxy groups -OCH3 is 1. The SMILES string of the molecule is COc1cncc(OC2CCC(NC(=O)CCC(=O)c3ccc(Cl)cc3)CC2)n1. The monoisotopic (exact) mass is 417 g/mol. The van der Waals surface area contributed by atoms with Crippen LogP contribution in [0.2, 0.25) is 5.02 Å². The molecule has 1 fully saturated rings. The standard InChI is InChI=1S/C21H24ClN3O4/c1-28-20-12-23-13-21(25-20)29-17-8-6-16(7-9-17)24-19(27)11-10-18(26)14-2-4-15(22)5-3-14/h2-5,12-13,16-17H,6-11H2,1H3,(H,24,27). The highest BCUT2D eigenvalue weighted by molar-refractivity contribution is 6.30. The maximum Gasteiger partial charge on any atom is 0.235 e. The van der Waals surface area contributed by atoms with Crippen molar-refractivity contribution in [2.24, 2.45) is 0 Å². The summed E-state index contributed by atoms with van der Waals surface area (Å²) >= 11 is 5.82. The number of amides is 1. The van der Waals surface area contributed by atoms with Crippen molar-refractivity contribution in [3.63, 3.8) is 0 Å². The fraction of sp³-hybridized carbons (Fsp3) is 0.429. The minimum absolute atomic E-state index is 0.0380. The van der Waals surface area contributed by atoms with E-state index >= 15 is 0 Å². The van der Waals surface area contributed by atoms with Crippen LogP contribution in [0.1, 0.15) is 48.9 Å². The number of nitrogens with zero attached hydrogens (tertiary/aromatic N) is 2. The van der Waals surface area contributed by atoms with Gasteiger partial charge in [0.05, 0.1) is 19.5 Å². The molecule has 7 nitrogen and oxygen atoms in total. The molecule has 1 amide bonds. The number of halogens is 1. The fourth-order valence-electron chi connectivity index (χ4n) is 3.29. The molecule has 1 N–H and O–H groups in total. The van der Waals surface area contributed by atoms with Gasteiger partial charge in [0.25, 0.3) is 0 Å². The van der Waals surface area contributed by atoms with Crippen LogP contribution in [-0.2, 0) is 4.79 Å². The van der Waals surface area contributed by atoms with Gasteiger partial charge in [0.2, 0.25) is 17.7 Å². The van der Waals surface area contributed by atoms with Gasteiger partial charge in [-0.25, -0.2) is 0 Å². The molecule has 0 spiro atoms. The van der Waals surface area contributed by atoms with Gasteiger partial charge in [-0.2, -0.15) is 4.98 Å². The van der Waals surface area contributed by atoms with Gasteiger partial charge in [-0.15, -0.1) is 0 Å². The van der Waals surface area contributed by atoms with E-state index in [4.69, 9.17) is 21.1 Å². The van der Waals surface area contributed by atoms with E-state index in [9.17, 15) is 9.59 Å². The predicted molar refractivity (Wildman–Crippen MR) is 108 cm³/mol. The van der Waals surface area contributed by atoms with Crippen LogP contribution in [0.15, 0.2) is 36.7 Å². The summed E-state index contributed by atoms with van der Waals surface area (Å²) in [6.45, 7) is 0. The van der Waals surface area contributed by atoms with Gasteiger partial charge < -0.3 is 14.8 Å². The Morgan fingerprint density at radius 1 is 1.07 bits per heavy atom. The Hall–Kier alpha value is -2.67. The summed E-state index contributed by atoms with van der Waals surface area (Å²) in [5.74, 6) is 0.692. The second kappa shape index (κ2) is 10.2.